The molecule has 0 aliphatic heterocycles. The number of aryl methyl sites for hydroxylation is 1. The SMILES string of the molecule is Cc1ccc(/C=C/C(=O)OC(C)(C)C)s1. The zero-order chi connectivity index (χ0) is 11.5. The summed E-state index contributed by atoms with van der Waals surface area (Å²) in [5, 5.41) is 0. The minimum atomic E-state index is -0.424. The van der Waals surface area contributed by atoms with Gasteiger partial charge in [-0.3, -0.25) is 0 Å². The number of ether oxygens (including phenoxy) is 1. The van der Waals surface area contributed by atoms with Crippen LogP contribution in [0, 0.1) is 6.92 Å². The molecule has 2 nitrogen and oxygen atoms in total. The molecule has 0 amide bonds. The molecule has 0 spiro atoms. The molecule has 0 fully saturated rings. The zero-order valence-electron chi connectivity index (χ0n) is 9.53. The van der Waals surface area contributed by atoms with Crippen molar-refractivity contribution in [1.82, 2.24) is 0 Å². The first kappa shape index (κ1) is 12.0. The van der Waals surface area contributed by atoms with E-state index >= 15 is 0 Å². The maximum atomic E-state index is 11.3. The third-order valence-electron chi connectivity index (χ3n) is 1.55. The Morgan fingerprint density at radius 2 is 2.07 bits per heavy atom. The van der Waals surface area contributed by atoms with Crippen LogP contribution in [0.25, 0.3) is 6.08 Å². The molecule has 0 saturated heterocycles. The Bertz CT molecular complexity index is 369. The van der Waals surface area contributed by atoms with Crippen molar-refractivity contribution < 1.29 is 9.53 Å². The Balaban J connectivity index is 2.55. The van der Waals surface area contributed by atoms with Gasteiger partial charge < -0.3 is 4.74 Å². The van der Waals surface area contributed by atoms with E-state index in [-0.39, 0.29) is 5.97 Å². The lowest BCUT2D eigenvalue weighted by atomic mass is 10.2. The highest BCUT2D eigenvalue weighted by Crippen LogP contribution is 2.16. The third kappa shape index (κ3) is 4.79. The van der Waals surface area contributed by atoms with Crippen molar-refractivity contribution in [2.24, 2.45) is 0 Å². The van der Waals surface area contributed by atoms with Crippen LogP contribution in [0.4, 0.5) is 0 Å². The molecule has 1 aromatic heterocycles. The molecule has 0 aliphatic carbocycles. The molecule has 0 atom stereocenters. The van der Waals surface area contributed by atoms with Crippen molar-refractivity contribution in [2.75, 3.05) is 0 Å². The summed E-state index contributed by atoms with van der Waals surface area (Å²) in [6.07, 6.45) is 3.25. The normalized spacial score (nSPS) is 12.0. The molecule has 0 bridgehead atoms. The van der Waals surface area contributed by atoms with E-state index in [0.717, 1.165) is 4.88 Å². The smallest absolute Gasteiger partial charge is 0.331 e. The van der Waals surface area contributed by atoms with E-state index in [2.05, 4.69) is 0 Å². The Hall–Kier alpha value is -1.09. The molecule has 0 unspecified atom stereocenters. The van der Waals surface area contributed by atoms with Gasteiger partial charge in [-0.2, -0.15) is 0 Å². The molecule has 1 rings (SSSR count). The van der Waals surface area contributed by atoms with Crippen molar-refractivity contribution in [2.45, 2.75) is 33.3 Å². The number of esters is 1. The molecule has 0 N–H and O–H groups in total. The van der Waals surface area contributed by atoms with Gasteiger partial charge in [0.25, 0.3) is 0 Å². The highest BCUT2D eigenvalue weighted by atomic mass is 32.1. The van der Waals surface area contributed by atoms with Gasteiger partial charge in [0, 0.05) is 15.8 Å². The minimum Gasteiger partial charge on any atom is -0.457 e. The molecule has 15 heavy (non-hydrogen) atoms. The molecule has 1 heterocycles. The molecule has 0 aromatic carbocycles. The maximum absolute atomic E-state index is 11.3. The van der Waals surface area contributed by atoms with Crippen molar-refractivity contribution in [3.05, 3.63) is 28.0 Å². The lowest BCUT2D eigenvalue weighted by molar-refractivity contribution is -0.148. The molecule has 82 valence electrons. The second-order valence-electron chi connectivity index (χ2n) is 4.32. The highest BCUT2D eigenvalue weighted by Gasteiger charge is 2.13. The van der Waals surface area contributed by atoms with Gasteiger partial charge in [0.2, 0.25) is 0 Å². The molecule has 0 aliphatic rings. The van der Waals surface area contributed by atoms with E-state index in [1.807, 2.05) is 39.8 Å². The monoisotopic (exact) mass is 224 g/mol. The van der Waals surface area contributed by atoms with Crippen molar-refractivity contribution in [1.29, 1.82) is 0 Å². The van der Waals surface area contributed by atoms with E-state index in [4.69, 9.17) is 4.74 Å². The fourth-order valence-electron chi connectivity index (χ4n) is 1.03. The van der Waals surface area contributed by atoms with Gasteiger partial charge in [-0.1, -0.05) is 0 Å². The predicted molar refractivity (Wildman–Crippen MR) is 63.9 cm³/mol. The quantitative estimate of drug-likeness (QED) is 0.568. The van der Waals surface area contributed by atoms with Crippen LogP contribution in [0.2, 0.25) is 0 Å². The van der Waals surface area contributed by atoms with Crippen LogP contribution in [0.3, 0.4) is 0 Å². The lowest BCUT2D eigenvalue weighted by Gasteiger charge is -2.17. The Morgan fingerprint density at radius 3 is 2.53 bits per heavy atom. The van der Waals surface area contributed by atoms with Crippen LogP contribution in [0.5, 0.6) is 0 Å². The zero-order valence-corrected chi connectivity index (χ0v) is 10.4. The predicted octanol–water partition coefficient (Wildman–Crippen LogP) is 3.41. The van der Waals surface area contributed by atoms with E-state index in [1.54, 1.807) is 17.4 Å². The van der Waals surface area contributed by atoms with Gasteiger partial charge in [-0.05, 0) is 45.9 Å². The summed E-state index contributed by atoms with van der Waals surface area (Å²) in [4.78, 5) is 13.6. The van der Waals surface area contributed by atoms with Crippen LogP contribution in [-0.4, -0.2) is 11.6 Å². The van der Waals surface area contributed by atoms with Gasteiger partial charge in [0.1, 0.15) is 5.60 Å². The maximum Gasteiger partial charge on any atom is 0.331 e. The molecular formula is C12H16O2S. The van der Waals surface area contributed by atoms with Crippen LogP contribution in [0.15, 0.2) is 18.2 Å². The van der Waals surface area contributed by atoms with Gasteiger partial charge in [-0.25, -0.2) is 4.79 Å². The largest absolute Gasteiger partial charge is 0.457 e. The second kappa shape index (κ2) is 4.62. The Labute approximate surface area is 94.6 Å². The van der Waals surface area contributed by atoms with Crippen molar-refractivity contribution in [3.63, 3.8) is 0 Å². The summed E-state index contributed by atoms with van der Waals surface area (Å²) in [5.41, 5.74) is -0.424. The van der Waals surface area contributed by atoms with Crippen LogP contribution in [0.1, 0.15) is 30.5 Å². The number of hydrogen-bond donors (Lipinski definition) is 0. The lowest BCUT2D eigenvalue weighted by Crippen LogP contribution is -2.22. The van der Waals surface area contributed by atoms with E-state index < -0.39 is 5.60 Å². The number of carbonyl (C=O) groups excluding carboxylic acids is 1. The first-order valence-electron chi connectivity index (χ1n) is 4.84. The average Bonchev–Trinajstić information content (AvgIpc) is 2.45. The van der Waals surface area contributed by atoms with E-state index in [1.165, 1.54) is 11.0 Å². The molecule has 0 radical (unpaired) electrons. The number of carbonyl (C=O) groups is 1. The molecule has 3 heteroatoms. The first-order chi connectivity index (χ1) is 6.87. The highest BCUT2D eigenvalue weighted by molar-refractivity contribution is 7.12. The fourth-order valence-corrected chi connectivity index (χ4v) is 1.81. The summed E-state index contributed by atoms with van der Waals surface area (Å²) in [5.74, 6) is -0.298. The fraction of sp³-hybridized carbons (Fsp3) is 0.417. The number of thiophene rings is 1. The van der Waals surface area contributed by atoms with E-state index in [0.29, 0.717) is 0 Å². The second-order valence-corrected chi connectivity index (χ2v) is 5.63. The van der Waals surface area contributed by atoms with Gasteiger partial charge in [0.15, 0.2) is 0 Å². The Morgan fingerprint density at radius 1 is 1.40 bits per heavy atom. The van der Waals surface area contributed by atoms with Crippen LogP contribution < -0.4 is 0 Å². The topological polar surface area (TPSA) is 26.3 Å². The van der Waals surface area contributed by atoms with Gasteiger partial charge in [-0.15, -0.1) is 11.3 Å². The molecule has 1 aromatic rings. The summed E-state index contributed by atoms with van der Waals surface area (Å²) in [7, 11) is 0. The molecular weight excluding hydrogens is 208 g/mol. The van der Waals surface area contributed by atoms with Crippen molar-refractivity contribution in [3.8, 4) is 0 Å². The summed E-state index contributed by atoms with van der Waals surface area (Å²) >= 11 is 1.65. The number of rotatable bonds is 2. The van der Waals surface area contributed by atoms with Crippen molar-refractivity contribution >= 4 is 23.4 Å². The molecule has 0 saturated carbocycles. The van der Waals surface area contributed by atoms with Gasteiger partial charge >= 0.3 is 5.97 Å². The summed E-state index contributed by atoms with van der Waals surface area (Å²) in [6.45, 7) is 7.60. The first-order valence-corrected chi connectivity index (χ1v) is 5.66. The summed E-state index contributed by atoms with van der Waals surface area (Å²) in [6, 6.07) is 4.01. The van der Waals surface area contributed by atoms with Crippen LogP contribution in [-0.2, 0) is 9.53 Å². The minimum absolute atomic E-state index is 0.298. The number of hydrogen-bond acceptors (Lipinski definition) is 3. The summed E-state index contributed by atoms with van der Waals surface area (Å²) < 4.78 is 5.15. The average molecular weight is 224 g/mol. The van der Waals surface area contributed by atoms with Gasteiger partial charge in [0.05, 0.1) is 0 Å². The van der Waals surface area contributed by atoms with E-state index in [9.17, 15) is 4.79 Å². The van der Waals surface area contributed by atoms with Crippen LogP contribution >= 0.6 is 11.3 Å². The standard InChI is InChI=1S/C12H16O2S/c1-9-5-6-10(15-9)7-8-11(13)14-12(2,3)4/h5-8H,1-4H3/b8-7+. The Kier molecular flexibility index (Phi) is 3.69. The third-order valence-corrected chi connectivity index (χ3v) is 2.52.